The van der Waals surface area contributed by atoms with E-state index in [-0.39, 0.29) is 11.9 Å². The second-order valence-electron chi connectivity index (χ2n) is 19.8. The van der Waals surface area contributed by atoms with Gasteiger partial charge >= 0.3 is 11.9 Å². The Hall–Kier alpha value is -1.14. The van der Waals surface area contributed by atoms with Crippen LogP contribution in [0.1, 0.15) is 234 Å². The van der Waals surface area contributed by atoms with Crippen molar-refractivity contribution in [3.8, 4) is 0 Å². The fraction of sp³-hybridized carbons (Fsp3) is 0.961. The van der Waals surface area contributed by atoms with Gasteiger partial charge < -0.3 is 19.1 Å². The van der Waals surface area contributed by atoms with Crippen LogP contribution in [0.5, 0.6) is 0 Å². The van der Waals surface area contributed by atoms with Crippen LogP contribution in [0, 0.1) is 35.5 Å². The lowest BCUT2D eigenvalue weighted by molar-refractivity contribution is -0.145. The van der Waals surface area contributed by atoms with Gasteiger partial charge in [0.2, 0.25) is 0 Å². The third-order valence-corrected chi connectivity index (χ3v) is 13.7. The van der Waals surface area contributed by atoms with Gasteiger partial charge in [-0.2, -0.15) is 0 Å². The van der Waals surface area contributed by atoms with Crippen LogP contribution in [0.4, 0.5) is 0 Å². The molecule has 0 spiro atoms. The van der Waals surface area contributed by atoms with Crippen molar-refractivity contribution < 1.29 is 23.8 Å². The van der Waals surface area contributed by atoms with E-state index in [1.54, 1.807) is 0 Å². The average Bonchev–Trinajstić information content (AvgIpc) is 3.18. The maximum atomic E-state index is 12.5. The molecule has 336 valence electrons. The van der Waals surface area contributed by atoms with E-state index in [2.05, 4.69) is 46.4 Å². The highest BCUT2D eigenvalue weighted by molar-refractivity contribution is 5.69. The van der Waals surface area contributed by atoms with Gasteiger partial charge in [-0.05, 0) is 139 Å². The summed E-state index contributed by atoms with van der Waals surface area (Å²) >= 11 is 0. The number of rotatable bonds is 8. The average molecular weight is 804 g/mol. The largest absolute Gasteiger partial charge is 0.466 e. The Kier molecular flexibility index (Phi) is 31.5. The molecule has 0 aromatic carbocycles. The van der Waals surface area contributed by atoms with Crippen LogP contribution < -0.4 is 0 Å². The highest BCUT2D eigenvalue weighted by Gasteiger charge is 2.20. The van der Waals surface area contributed by atoms with Crippen molar-refractivity contribution in [3.05, 3.63) is 0 Å². The Morgan fingerprint density at radius 2 is 0.947 bits per heavy atom. The molecule has 4 unspecified atom stereocenters. The van der Waals surface area contributed by atoms with Gasteiger partial charge in [0.15, 0.2) is 0 Å². The molecule has 2 aliphatic heterocycles. The molecule has 57 heavy (non-hydrogen) atoms. The summed E-state index contributed by atoms with van der Waals surface area (Å²) < 4.78 is 18.0. The third kappa shape index (κ3) is 28.9. The molecule has 6 heteroatoms. The zero-order valence-electron chi connectivity index (χ0n) is 39.0. The molecule has 0 aliphatic carbocycles. The van der Waals surface area contributed by atoms with Crippen LogP contribution >= 0.6 is 0 Å². The number of cyclic esters (lactones) is 2. The summed E-state index contributed by atoms with van der Waals surface area (Å²) in [6, 6.07) is 0. The second kappa shape index (κ2) is 34.6. The van der Waals surface area contributed by atoms with Crippen LogP contribution in [0.3, 0.4) is 0 Å². The highest BCUT2D eigenvalue weighted by atomic mass is 16.5. The molecule has 2 fully saturated rings. The monoisotopic (exact) mass is 804 g/mol. The lowest BCUT2D eigenvalue weighted by Gasteiger charge is -2.26. The van der Waals surface area contributed by atoms with E-state index in [0.717, 1.165) is 45.1 Å². The van der Waals surface area contributed by atoms with Crippen LogP contribution in [0.25, 0.3) is 0 Å². The summed E-state index contributed by atoms with van der Waals surface area (Å²) in [5.74, 6) is 3.85. The van der Waals surface area contributed by atoms with E-state index in [1.165, 1.54) is 161 Å². The fourth-order valence-electron chi connectivity index (χ4n) is 9.57. The number of nitrogens with zero attached hydrogens (tertiary/aromatic N) is 1. The van der Waals surface area contributed by atoms with E-state index in [0.29, 0.717) is 67.7 Å². The lowest BCUT2D eigenvalue weighted by atomic mass is 9.81. The number of hydrogen-bond acceptors (Lipinski definition) is 6. The van der Waals surface area contributed by atoms with E-state index in [1.807, 2.05) is 0 Å². The molecule has 2 saturated heterocycles. The van der Waals surface area contributed by atoms with Crippen LogP contribution in [0.15, 0.2) is 0 Å². The Balaban J connectivity index is 1.81. The quantitative estimate of drug-likeness (QED) is 0.180. The van der Waals surface area contributed by atoms with Crippen molar-refractivity contribution in [1.29, 1.82) is 0 Å². The van der Waals surface area contributed by atoms with E-state index in [4.69, 9.17) is 14.2 Å². The summed E-state index contributed by atoms with van der Waals surface area (Å²) in [6.07, 6.45) is 35.6. The molecular weight excluding hydrogens is 707 g/mol. The topological polar surface area (TPSA) is 65.1 Å². The maximum absolute atomic E-state index is 12.5. The molecule has 0 aromatic rings. The summed E-state index contributed by atoms with van der Waals surface area (Å²) in [5, 5.41) is 0. The first-order chi connectivity index (χ1) is 27.6. The number of unbranched alkanes of at least 4 members (excludes halogenated alkanes) is 1. The van der Waals surface area contributed by atoms with Crippen molar-refractivity contribution in [1.82, 2.24) is 4.90 Å². The van der Waals surface area contributed by atoms with Crippen molar-refractivity contribution >= 4 is 11.9 Å². The highest BCUT2D eigenvalue weighted by Crippen LogP contribution is 2.30. The number of ether oxygens (including phenoxy) is 3. The number of likely N-dealkylation sites (tertiary alicyclic amines) is 1. The normalized spacial score (nSPS) is 28.1. The molecule has 2 rings (SSSR count). The van der Waals surface area contributed by atoms with Crippen molar-refractivity contribution in [2.24, 2.45) is 35.5 Å². The lowest BCUT2D eigenvalue weighted by Crippen LogP contribution is -2.30. The van der Waals surface area contributed by atoms with Crippen molar-refractivity contribution in [2.45, 2.75) is 240 Å². The van der Waals surface area contributed by atoms with Crippen LogP contribution in [-0.4, -0.2) is 62.4 Å². The van der Waals surface area contributed by atoms with Crippen LogP contribution in [-0.2, 0) is 23.8 Å². The van der Waals surface area contributed by atoms with Gasteiger partial charge in [-0.3, -0.25) is 9.59 Å². The molecule has 0 bridgehead atoms. The first-order valence-electron chi connectivity index (χ1n) is 25.3. The molecule has 0 saturated carbocycles. The minimum absolute atomic E-state index is 0.00156. The Morgan fingerprint density at radius 1 is 0.526 bits per heavy atom. The molecule has 0 amide bonds. The van der Waals surface area contributed by atoms with Gasteiger partial charge in [0, 0.05) is 19.4 Å². The zero-order chi connectivity index (χ0) is 41.4. The number of piperidine rings is 1. The molecule has 0 radical (unpaired) electrons. The summed E-state index contributed by atoms with van der Waals surface area (Å²) in [7, 11) is 0. The molecular formula is C51H97NO5. The Bertz CT molecular complexity index is 888. The Labute approximate surface area is 354 Å². The van der Waals surface area contributed by atoms with Gasteiger partial charge in [0.25, 0.3) is 0 Å². The summed E-state index contributed by atoms with van der Waals surface area (Å²) in [4.78, 5) is 27.7. The third-order valence-electron chi connectivity index (χ3n) is 13.7. The SMILES string of the molecule is CC1CCC(C(C)C)CCOC(=O)CCCCCCCCCC(OCCCCN2CCCCC2)CCCCCCCCCC(=O)OCCC(C(C)C)CCC(C)C1. The predicted molar refractivity (Wildman–Crippen MR) is 242 cm³/mol. The number of carbonyl (C=O) groups is 2. The molecule has 0 aromatic heterocycles. The van der Waals surface area contributed by atoms with Gasteiger partial charge in [-0.1, -0.05) is 138 Å². The minimum atomic E-state index is -0.00156. The van der Waals surface area contributed by atoms with Gasteiger partial charge in [0.05, 0.1) is 19.3 Å². The molecule has 2 heterocycles. The number of esters is 2. The second-order valence-corrected chi connectivity index (χ2v) is 19.8. The summed E-state index contributed by atoms with van der Waals surface area (Å²) in [6.45, 7) is 20.0. The molecule has 4 atom stereocenters. The Morgan fingerprint density at radius 3 is 1.40 bits per heavy atom. The van der Waals surface area contributed by atoms with Gasteiger partial charge in [0.1, 0.15) is 0 Å². The molecule has 2 aliphatic rings. The van der Waals surface area contributed by atoms with Gasteiger partial charge in [-0.25, -0.2) is 0 Å². The smallest absolute Gasteiger partial charge is 0.305 e. The van der Waals surface area contributed by atoms with Gasteiger partial charge in [-0.15, -0.1) is 0 Å². The fourth-order valence-corrected chi connectivity index (χ4v) is 9.57. The van der Waals surface area contributed by atoms with E-state index < -0.39 is 0 Å². The minimum Gasteiger partial charge on any atom is -0.466 e. The molecule has 0 N–H and O–H groups in total. The first kappa shape index (κ1) is 52.0. The first-order valence-corrected chi connectivity index (χ1v) is 25.3. The van der Waals surface area contributed by atoms with Crippen molar-refractivity contribution in [2.75, 3.05) is 39.5 Å². The standard InChI is InChI=1S/C51H97NO5/c1-43(2)47-32-30-45(5)42-46(6)31-33-48(44(3)4)35-41-57-51(54)29-21-16-12-8-10-14-19-27-49(55-39-25-24-38-52-36-22-17-23-37-52)26-18-13-9-7-11-15-20-28-50(53)56-40-34-47/h43-49H,7-42H2,1-6H3. The summed E-state index contributed by atoms with van der Waals surface area (Å²) in [5.41, 5.74) is 0. The van der Waals surface area contributed by atoms with E-state index in [9.17, 15) is 9.59 Å². The zero-order valence-corrected chi connectivity index (χ0v) is 39.0. The van der Waals surface area contributed by atoms with Crippen molar-refractivity contribution in [3.63, 3.8) is 0 Å². The van der Waals surface area contributed by atoms with E-state index >= 15 is 0 Å². The van der Waals surface area contributed by atoms with Crippen LogP contribution in [0.2, 0.25) is 0 Å². The molecule has 6 nitrogen and oxygen atoms in total. The maximum Gasteiger partial charge on any atom is 0.305 e. The number of hydrogen-bond donors (Lipinski definition) is 0. The number of carbonyl (C=O) groups excluding carboxylic acids is 2. The predicted octanol–water partition coefficient (Wildman–Crippen LogP) is 14.3.